The van der Waals surface area contributed by atoms with Gasteiger partial charge < -0.3 is 10.2 Å². The molecule has 0 aromatic heterocycles. The summed E-state index contributed by atoms with van der Waals surface area (Å²) >= 11 is 0. The van der Waals surface area contributed by atoms with E-state index in [0.29, 0.717) is 5.92 Å². The molecule has 2 aliphatic rings. The molecule has 1 aliphatic carbocycles. The second-order valence-electron chi connectivity index (χ2n) is 5.86. The predicted molar refractivity (Wildman–Crippen MR) is 74.3 cm³/mol. The first-order valence-corrected chi connectivity index (χ1v) is 7.36. The third kappa shape index (κ3) is 4.45. The van der Waals surface area contributed by atoms with Crippen molar-refractivity contribution in [2.45, 2.75) is 39.0 Å². The Bertz CT molecular complexity index is 301. The van der Waals surface area contributed by atoms with Gasteiger partial charge in [-0.15, -0.1) is 0 Å². The van der Waals surface area contributed by atoms with E-state index in [4.69, 9.17) is 0 Å². The highest BCUT2D eigenvalue weighted by atomic mass is 16.1. The van der Waals surface area contributed by atoms with Crippen LogP contribution < -0.4 is 5.32 Å². The molecule has 1 fully saturated rings. The average Bonchev–Trinajstić information content (AvgIpc) is 2.38. The fourth-order valence-corrected chi connectivity index (χ4v) is 3.16. The molecule has 2 rings (SSSR count). The maximum absolute atomic E-state index is 11.0. The average molecular weight is 250 g/mol. The summed E-state index contributed by atoms with van der Waals surface area (Å²) in [6.07, 6.45) is 11.1. The number of nitrogens with zero attached hydrogens (tertiary/aromatic N) is 1. The number of amides is 1. The number of carbonyl (C=O) groups excluding carboxylic acids is 1. The highest BCUT2D eigenvalue weighted by Crippen LogP contribution is 2.22. The van der Waals surface area contributed by atoms with E-state index >= 15 is 0 Å². The lowest BCUT2D eigenvalue weighted by Gasteiger charge is -2.35. The van der Waals surface area contributed by atoms with Crippen molar-refractivity contribution < 1.29 is 4.79 Å². The number of likely N-dealkylation sites (tertiary alicyclic amines) is 1. The highest BCUT2D eigenvalue weighted by Gasteiger charge is 2.22. The van der Waals surface area contributed by atoms with Crippen molar-refractivity contribution in [2.75, 3.05) is 26.2 Å². The number of hydrogen-bond acceptors (Lipinski definition) is 2. The van der Waals surface area contributed by atoms with Gasteiger partial charge in [0.15, 0.2) is 0 Å². The molecular formula is C15H26N2O. The molecule has 0 aromatic rings. The highest BCUT2D eigenvalue weighted by molar-refractivity contribution is 5.72. The first-order valence-electron chi connectivity index (χ1n) is 7.36. The van der Waals surface area contributed by atoms with Gasteiger partial charge in [-0.05, 0) is 50.5 Å². The van der Waals surface area contributed by atoms with Crippen LogP contribution in [0.5, 0.6) is 0 Å². The number of piperidine rings is 1. The van der Waals surface area contributed by atoms with Crippen molar-refractivity contribution in [1.29, 1.82) is 0 Å². The third-order valence-corrected chi connectivity index (χ3v) is 4.14. The van der Waals surface area contributed by atoms with Crippen LogP contribution >= 0.6 is 0 Å². The zero-order chi connectivity index (χ0) is 12.8. The van der Waals surface area contributed by atoms with Crippen molar-refractivity contribution >= 4 is 5.91 Å². The van der Waals surface area contributed by atoms with E-state index in [9.17, 15) is 4.79 Å². The minimum Gasteiger partial charge on any atom is -0.356 e. The van der Waals surface area contributed by atoms with Crippen molar-refractivity contribution in [1.82, 2.24) is 10.2 Å². The second-order valence-corrected chi connectivity index (χ2v) is 5.86. The summed E-state index contributed by atoms with van der Waals surface area (Å²) in [6.45, 7) is 6.13. The quantitative estimate of drug-likeness (QED) is 0.776. The van der Waals surface area contributed by atoms with Crippen LogP contribution in [0.4, 0.5) is 0 Å². The number of allylic oxidation sites excluding steroid dienone is 2. The lowest BCUT2D eigenvalue weighted by atomic mass is 9.91. The van der Waals surface area contributed by atoms with E-state index in [1.165, 1.54) is 51.7 Å². The van der Waals surface area contributed by atoms with E-state index in [1.807, 2.05) is 0 Å². The van der Waals surface area contributed by atoms with Gasteiger partial charge in [0, 0.05) is 26.6 Å². The van der Waals surface area contributed by atoms with Gasteiger partial charge >= 0.3 is 0 Å². The molecule has 0 bridgehead atoms. The summed E-state index contributed by atoms with van der Waals surface area (Å²) in [5, 5.41) is 2.96. The van der Waals surface area contributed by atoms with Crippen LogP contribution in [0, 0.1) is 11.8 Å². The smallest absolute Gasteiger partial charge is 0.216 e. The molecule has 1 aliphatic heterocycles. The Kier molecular flexibility index (Phi) is 5.24. The first-order chi connectivity index (χ1) is 8.74. The Hall–Kier alpha value is -0.830. The van der Waals surface area contributed by atoms with E-state index in [1.54, 1.807) is 6.92 Å². The molecule has 1 heterocycles. The number of rotatable bonds is 4. The summed E-state index contributed by atoms with van der Waals surface area (Å²) in [6, 6.07) is 0. The maximum Gasteiger partial charge on any atom is 0.216 e. The normalized spacial score (nSPS) is 29.2. The van der Waals surface area contributed by atoms with Crippen LogP contribution in [0.2, 0.25) is 0 Å². The molecule has 102 valence electrons. The van der Waals surface area contributed by atoms with Crippen LogP contribution in [-0.2, 0) is 4.79 Å². The zero-order valence-corrected chi connectivity index (χ0v) is 11.5. The molecule has 3 nitrogen and oxygen atoms in total. The Morgan fingerprint density at radius 1 is 1.33 bits per heavy atom. The maximum atomic E-state index is 11.0. The van der Waals surface area contributed by atoms with Crippen LogP contribution in [0.3, 0.4) is 0 Å². The van der Waals surface area contributed by atoms with Crippen LogP contribution in [0.15, 0.2) is 12.2 Å². The summed E-state index contributed by atoms with van der Waals surface area (Å²) < 4.78 is 0. The van der Waals surface area contributed by atoms with E-state index < -0.39 is 0 Å². The Labute approximate surface area is 111 Å². The number of carbonyl (C=O) groups is 1. The molecular weight excluding hydrogens is 224 g/mol. The van der Waals surface area contributed by atoms with Gasteiger partial charge in [-0.2, -0.15) is 0 Å². The Morgan fingerprint density at radius 3 is 2.94 bits per heavy atom. The molecule has 1 N–H and O–H groups in total. The summed E-state index contributed by atoms with van der Waals surface area (Å²) in [4.78, 5) is 13.6. The SMILES string of the molecule is CC(=O)NCC1CCCN(CC2CC=CCC2)C1. The van der Waals surface area contributed by atoms with Gasteiger partial charge in [-0.25, -0.2) is 0 Å². The molecule has 0 radical (unpaired) electrons. The molecule has 3 heteroatoms. The summed E-state index contributed by atoms with van der Waals surface area (Å²) in [7, 11) is 0. The van der Waals surface area contributed by atoms with Crippen molar-refractivity contribution in [3.63, 3.8) is 0 Å². The Balaban J connectivity index is 1.72. The standard InChI is InChI=1S/C15H26N2O/c1-13(18)16-10-15-8-5-9-17(12-15)11-14-6-3-2-4-7-14/h2-3,14-15H,4-12H2,1H3,(H,16,18). The van der Waals surface area contributed by atoms with E-state index in [2.05, 4.69) is 22.4 Å². The minimum atomic E-state index is 0.101. The third-order valence-electron chi connectivity index (χ3n) is 4.14. The van der Waals surface area contributed by atoms with Crippen LogP contribution in [-0.4, -0.2) is 37.0 Å². The van der Waals surface area contributed by atoms with E-state index in [-0.39, 0.29) is 5.91 Å². The van der Waals surface area contributed by atoms with E-state index in [0.717, 1.165) is 12.5 Å². The Morgan fingerprint density at radius 2 is 2.22 bits per heavy atom. The predicted octanol–water partition coefficient (Wildman–Crippen LogP) is 2.19. The topological polar surface area (TPSA) is 32.3 Å². The molecule has 2 unspecified atom stereocenters. The minimum absolute atomic E-state index is 0.101. The second kappa shape index (κ2) is 6.93. The molecule has 2 atom stereocenters. The van der Waals surface area contributed by atoms with Gasteiger partial charge in [0.2, 0.25) is 5.91 Å². The number of nitrogens with one attached hydrogen (secondary N) is 1. The van der Waals surface area contributed by atoms with Crippen LogP contribution in [0.25, 0.3) is 0 Å². The number of hydrogen-bond donors (Lipinski definition) is 1. The fourth-order valence-electron chi connectivity index (χ4n) is 3.16. The molecule has 0 saturated carbocycles. The lowest BCUT2D eigenvalue weighted by Crippen LogP contribution is -2.42. The summed E-state index contributed by atoms with van der Waals surface area (Å²) in [5.74, 6) is 1.61. The molecule has 1 saturated heterocycles. The van der Waals surface area contributed by atoms with Crippen molar-refractivity contribution in [2.24, 2.45) is 11.8 Å². The van der Waals surface area contributed by atoms with Gasteiger partial charge in [0.05, 0.1) is 0 Å². The molecule has 0 aromatic carbocycles. The van der Waals surface area contributed by atoms with Crippen molar-refractivity contribution in [3.8, 4) is 0 Å². The van der Waals surface area contributed by atoms with Crippen molar-refractivity contribution in [3.05, 3.63) is 12.2 Å². The molecule has 0 spiro atoms. The lowest BCUT2D eigenvalue weighted by molar-refractivity contribution is -0.119. The largest absolute Gasteiger partial charge is 0.356 e. The first kappa shape index (κ1) is 13.6. The van der Waals surface area contributed by atoms with Gasteiger partial charge in [-0.3, -0.25) is 4.79 Å². The van der Waals surface area contributed by atoms with Gasteiger partial charge in [-0.1, -0.05) is 12.2 Å². The monoisotopic (exact) mass is 250 g/mol. The van der Waals surface area contributed by atoms with Gasteiger partial charge in [0.1, 0.15) is 0 Å². The van der Waals surface area contributed by atoms with Gasteiger partial charge in [0.25, 0.3) is 0 Å². The fraction of sp³-hybridized carbons (Fsp3) is 0.800. The zero-order valence-electron chi connectivity index (χ0n) is 11.5. The molecule has 18 heavy (non-hydrogen) atoms. The molecule has 1 amide bonds. The summed E-state index contributed by atoms with van der Waals surface area (Å²) in [5.41, 5.74) is 0. The van der Waals surface area contributed by atoms with Crippen LogP contribution in [0.1, 0.15) is 39.0 Å².